The van der Waals surface area contributed by atoms with Gasteiger partial charge in [0.25, 0.3) is 0 Å². The van der Waals surface area contributed by atoms with Crippen LogP contribution < -0.4 is 11.1 Å². The molecule has 0 bridgehead atoms. The van der Waals surface area contributed by atoms with E-state index in [4.69, 9.17) is 5.73 Å². The number of benzene rings is 1. The molecule has 0 heterocycles. The van der Waals surface area contributed by atoms with Gasteiger partial charge < -0.3 is 11.1 Å². The van der Waals surface area contributed by atoms with Crippen molar-refractivity contribution in [3.63, 3.8) is 0 Å². The molecule has 0 aliphatic heterocycles. The minimum absolute atomic E-state index is 0.527. The molecule has 3 heteroatoms. The van der Waals surface area contributed by atoms with Crippen LogP contribution in [0.3, 0.4) is 0 Å². The van der Waals surface area contributed by atoms with E-state index in [-0.39, 0.29) is 0 Å². The fraction of sp³-hybridized carbons (Fsp3) is 0.538. The smallest absolute Gasteiger partial charge is 0.0175 e. The van der Waals surface area contributed by atoms with Gasteiger partial charge >= 0.3 is 0 Å². The molecule has 0 aromatic heterocycles. The van der Waals surface area contributed by atoms with Crippen LogP contribution >= 0.6 is 15.9 Å². The Morgan fingerprint density at radius 3 is 2.56 bits per heavy atom. The summed E-state index contributed by atoms with van der Waals surface area (Å²) in [6.07, 6.45) is 3.36. The monoisotopic (exact) mass is 284 g/mol. The number of hydrogen-bond donors (Lipinski definition) is 2. The lowest BCUT2D eigenvalue weighted by Gasteiger charge is -2.13. The zero-order valence-corrected chi connectivity index (χ0v) is 11.5. The van der Waals surface area contributed by atoms with E-state index in [9.17, 15) is 0 Å². The summed E-state index contributed by atoms with van der Waals surface area (Å²) in [6.45, 7) is 4.09. The van der Waals surface area contributed by atoms with Crippen LogP contribution in [0.2, 0.25) is 0 Å². The van der Waals surface area contributed by atoms with E-state index in [0.29, 0.717) is 6.04 Å². The Labute approximate surface area is 107 Å². The lowest BCUT2D eigenvalue weighted by atomic mass is 10.1. The van der Waals surface area contributed by atoms with Crippen molar-refractivity contribution in [1.82, 2.24) is 5.32 Å². The number of nitrogens with two attached hydrogens (primary N) is 1. The van der Waals surface area contributed by atoms with Crippen molar-refractivity contribution in [1.29, 1.82) is 0 Å². The summed E-state index contributed by atoms with van der Waals surface area (Å²) in [6, 6.07) is 9.05. The molecule has 2 nitrogen and oxygen atoms in total. The van der Waals surface area contributed by atoms with Gasteiger partial charge in [0.15, 0.2) is 0 Å². The van der Waals surface area contributed by atoms with E-state index >= 15 is 0 Å². The molecule has 0 radical (unpaired) electrons. The number of halogens is 1. The molecule has 1 aromatic rings. The van der Waals surface area contributed by atoms with Crippen LogP contribution in [0.5, 0.6) is 0 Å². The number of nitrogens with one attached hydrogen (secondary N) is 1. The van der Waals surface area contributed by atoms with Gasteiger partial charge in [-0.1, -0.05) is 28.1 Å². The molecule has 3 N–H and O–H groups in total. The van der Waals surface area contributed by atoms with Crippen molar-refractivity contribution in [3.8, 4) is 0 Å². The predicted molar refractivity (Wildman–Crippen MR) is 73.6 cm³/mol. The predicted octanol–water partition coefficient (Wildman–Crippen LogP) is 2.71. The van der Waals surface area contributed by atoms with Crippen LogP contribution in [0, 0.1) is 0 Å². The molecule has 16 heavy (non-hydrogen) atoms. The molecule has 0 amide bonds. The molecule has 0 aliphatic carbocycles. The van der Waals surface area contributed by atoms with Gasteiger partial charge in [0.1, 0.15) is 0 Å². The van der Waals surface area contributed by atoms with Gasteiger partial charge in [-0.2, -0.15) is 0 Å². The highest BCUT2D eigenvalue weighted by Gasteiger charge is 2.02. The average Bonchev–Trinajstić information content (AvgIpc) is 2.28. The molecule has 1 unspecified atom stereocenters. The first-order valence-corrected chi connectivity index (χ1v) is 6.69. The largest absolute Gasteiger partial charge is 0.330 e. The molecule has 0 fully saturated rings. The van der Waals surface area contributed by atoms with Gasteiger partial charge in [-0.3, -0.25) is 0 Å². The van der Waals surface area contributed by atoms with Crippen molar-refractivity contribution in [2.45, 2.75) is 32.2 Å². The van der Waals surface area contributed by atoms with E-state index in [2.05, 4.69) is 52.4 Å². The molecule has 0 aliphatic rings. The highest BCUT2D eigenvalue weighted by atomic mass is 79.9. The molecule has 0 saturated carbocycles. The van der Waals surface area contributed by atoms with Gasteiger partial charge in [0, 0.05) is 10.5 Å². The molecule has 90 valence electrons. The van der Waals surface area contributed by atoms with Crippen LogP contribution in [-0.4, -0.2) is 19.1 Å². The number of rotatable bonds is 7. The van der Waals surface area contributed by atoms with Crippen LogP contribution in [0.4, 0.5) is 0 Å². The summed E-state index contributed by atoms with van der Waals surface area (Å²) in [5.74, 6) is 0. The van der Waals surface area contributed by atoms with E-state index in [1.807, 2.05) is 0 Å². The van der Waals surface area contributed by atoms with Gasteiger partial charge in [0.05, 0.1) is 0 Å². The summed E-state index contributed by atoms with van der Waals surface area (Å²) in [4.78, 5) is 0. The van der Waals surface area contributed by atoms with Crippen molar-refractivity contribution < 1.29 is 0 Å². The first kappa shape index (κ1) is 13.7. The fourth-order valence-corrected chi connectivity index (χ4v) is 1.93. The Balaban J connectivity index is 2.23. The van der Waals surface area contributed by atoms with Crippen LogP contribution in [0.15, 0.2) is 28.7 Å². The third-order valence-electron chi connectivity index (χ3n) is 2.58. The quantitative estimate of drug-likeness (QED) is 0.756. The first-order chi connectivity index (χ1) is 7.72. The van der Waals surface area contributed by atoms with E-state index in [0.717, 1.165) is 30.4 Å². The minimum atomic E-state index is 0.527. The summed E-state index contributed by atoms with van der Waals surface area (Å²) in [5, 5.41) is 3.51. The molecule has 0 spiro atoms. The standard InChI is InChI=1S/C13H21BrN2/c1-11(16-9-3-2-8-15)10-12-4-6-13(14)7-5-12/h4-7,11,16H,2-3,8-10,15H2,1H3. The number of hydrogen-bond acceptors (Lipinski definition) is 2. The van der Waals surface area contributed by atoms with Gasteiger partial charge in [-0.25, -0.2) is 0 Å². The second-order valence-electron chi connectivity index (χ2n) is 4.18. The zero-order chi connectivity index (χ0) is 11.8. The Kier molecular flexibility index (Phi) is 6.69. The summed E-state index contributed by atoms with van der Waals surface area (Å²) >= 11 is 3.44. The first-order valence-electron chi connectivity index (χ1n) is 5.90. The highest BCUT2D eigenvalue weighted by Crippen LogP contribution is 2.11. The molecular weight excluding hydrogens is 264 g/mol. The summed E-state index contributed by atoms with van der Waals surface area (Å²) < 4.78 is 1.14. The molecule has 1 aromatic carbocycles. The lowest BCUT2D eigenvalue weighted by molar-refractivity contribution is 0.527. The van der Waals surface area contributed by atoms with Crippen LogP contribution in [0.1, 0.15) is 25.3 Å². The Hall–Kier alpha value is -0.380. The van der Waals surface area contributed by atoms with E-state index in [1.54, 1.807) is 0 Å². The maximum atomic E-state index is 5.45. The van der Waals surface area contributed by atoms with Gasteiger partial charge in [0.2, 0.25) is 0 Å². The Morgan fingerprint density at radius 1 is 1.25 bits per heavy atom. The van der Waals surface area contributed by atoms with Gasteiger partial charge in [-0.05, 0) is 57.0 Å². The third-order valence-corrected chi connectivity index (χ3v) is 3.11. The van der Waals surface area contributed by atoms with Crippen molar-refractivity contribution in [2.24, 2.45) is 5.73 Å². The molecular formula is C13H21BrN2. The third kappa shape index (κ3) is 5.64. The summed E-state index contributed by atoms with van der Waals surface area (Å²) in [5.41, 5.74) is 6.83. The number of unbranched alkanes of at least 4 members (excludes halogenated alkanes) is 1. The topological polar surface area (TPSA) is 38.0 Å². The van der Waals surface area contributed by atoms with Gasteiger partial charge in [-0.15, -0.1) is 0 Å². The molecule has 1 atom stereocenters. The second-order valence-corrected chi connectivity index (χ2v) is 5.10. The maximum Gasteiger partial charge on any atom is 0.0175 e. The molecule has 0 saturated heterocycles. The SMILES string of the molecule is CC(Cc1ccc(Br)cc1)NCCCCN. The van der Waals surface area contributed by atoms with Crippen LogP contribution in [0.25, 0.3) is 0 Å². The lowest BCUT2D eigenvalue weighted by Crippen LogP contribution is -2.29. The van der Waals surface area contributed by atoms with Crippen molar-refractivity contribution in [3.05, 3.63) is 34.3 Å². The zero-order valence-electron chi connectivity index (χ0n) is 9.88. The van der Waals surface area contributed by atoms with Crippen molar-refractivity contribution in [2.75, 3.05) is 13.1 Å². The van der Waals surface area contributed by atoms with E-state index in [1.165, 1.54) is 12.0 Å². The average molecular weight is 285 g/mol. The normalized spacial score (nSPS) is 12.7. The molecule has 1 rings (SSSR count). The van der Waals surface area contributed by atoms with Crippen LogP contribution in [-0.2, 0) is 6.42 Å². The van der Waals surface area contributed by atoms with Crippen molar-refractivity contribution >= 4 is 15.9 Å². The fourth-order valence-electron chi connectivity index (χ4n) is 1.66. The summed E-state index contributed by atoms with van der Waals surface area (Å²) in [7, 11) is 0. The maximum absolute atomic E-state index is 5.45. The Bertz CT molecular complexity index is 284. The Morgan fingerprint density at radius 2 is 1.94 bits per heavy atom. The van der Waals surface area contributed by atoms with E-state index < -0.39 is 0 Å². The second kappa shape index (κ2) is 7.82. The highest BCUT2D eigenvalue weighted by molar-refractivity contribution is 9.10. The minimum Gasteiger partial charge on any atom is -0.330 e.